The van der Waals surface area contributed by atoms with Gasteiger partial charge < -0.3 is 15.0 Å². The number of carbonyl (C=O) groups excluding carboxylic acids is 1. The highest BCUT2D eigenvalue weighted by molar-refractivity contribution is 5.78. The molecular weight excluding hydrogens is 194 g/mol. The zero-order chi connectivity index (χ0) is 10.7. The number of amides is 1. The summed E-state index contributed by atoms with van der Waals surface area (Å²) in [6.45, 7) is 6.33. The first-order chi connectivity index (χ1) is 7.31. The summed E-state index contributed by atoms with van der Waals surface area (Å²) in [4.78, 5) is 15.8. The van der Waals surface area contributed by atoms with Gasteiger partial charge in [0.05, 0.1) is 0 Å². The molecule has 2 aliphatic heterocycles. The summed E-state index contributed by atoms with van der Waals surface area (Å²) in [7, 11) is 1.56. The first-order valence-electron chi connectivity index (χ1n) is 5.52. The largest absolute Gasteiger partial charge is 0.375 e. The Balaban J connectivity index is 1.70. The summed E-state index contributed by atoms with van der Waals surface area (Å²) < 4.78 is 4.83. The monoisotopic (exact) mass is 213 g/mol. The van der Waals surface area contributed by atoms with E-state index in [-0.39, 0.29) is 12.5 Å². The van der Waals surface area contributed by atoms with Crippen molar-refractivity contribution < 1.29 is 9.53 Å². The topological polar surface area (TPSA) is 44.8 Å². The fourth-order valence-corrected chi connectivity index (χ4v) is 2.15. The molecule has 15 heavy (non-hydrogen) atoms. The van der Waals surface area contributed by atoms with E-state index in [1.807, 2.05) is 4.90 Å². The molecule has 0 aromatic heterocycles. The first kappa shape index (κ1) is 10.9. The van der Waals surface area contributed by atoms with Gasteiger partial charge in [0.25, 0.3) is 0 Å². The minimum atomic E-state index is 0.115. The fourth-order valence-electron chi connectivity index (χ4n) is 2.15. The Morgan fingerprint density at radius 1 is 1.40 bits per heavy atom. The number of carbonyl (C=O) groups is 1. The van der Waals surface area contributed by atoms with Gasteiger partial charge in [-0.05, 0) is 0 Å². The molecule has 86 valence electrons. The van der Waals surface area contributed by atoms with Gasteiger partial charge in [-0.3, -0.25) is 9.69 Å². The van der Waals surface area contributed by atoms with Crippen LogP contribution in [0.3, 0.4) is 0 Å². The van der Waals surface area contributed by atoms with Crippen LogP contribution in [0.1, 0.15) is 0 Å². The Morgan fingerprint density at radius 3 is 2.67 bits per heavy atom. The minimum Gasteiger partial charge on any atom is -0.375 e. The third kappa shape index (κ3) is 2.48. The predicted molar refractivity (Wildman–Crippen MR) is 56.7 cm³/mol. The number of likely N-dealkylation sites (tertiary alicyclic amines) is 1. The molecule has 5 nitrogen and oxygen atoms in total. The summed E-state index contributed by atoms with van der Waals surface area (Å²) >= 11 is 0. The van der Waals surface area contributed by atoms with E-state index >= 15 is 0 Å². The minimum absolute atomic E-state index is 0.115. The quantitative estimate of drug-likeness (QED) is 0.636. The highest BCUT2D eigenvalue weighted by Gasteiger charge is 2.34. The van der Waals surface area contributed by atoms with Crippen LogP contribution in [0.2, 0.25) is 0 Å². The molecule has 1 N–H and O–H groups in total. The van der Waals surface area contributed by atoms with Gasteiger partial charge in [0.1, 0.15) is 6.61 Å². The Labute approximate surface area is 90.4 Å². The lowest BCUT2D eigenvalue weighted by Gasteiger charge is -2.46. The second-order valence-corrected chi connectivity index (χ2v) is 4.17. The van der Waals surface area contributed by atoms with E-state index in [1.165, 1.54) is 0 Å². The van der Waals surface area contributed by atoms with Gasteiger partial charge in [0.15, 0.2) is 0 Å². The van der Waals surface area contributed by atoms with E-state index in [0.717, 1.165) is 39.3 Å². The van der Waals surface area contributed by atoms with Crippen LogP contribution in [-0.2, 0) is 9.53 Å². The second-order valence-electron chi connectivity index (χ2n) is 4.17. The molecule has 0 radical (unpaired) electrons. The number of methoxy groups -OCH3 is 1. The Hall–Kier alpha value is -0.650. The van der Waals surface area contributed by atoms with Gasteiger partial charge in [0.2, 0.25) is 5.91 Å². The molecule has 0 atom stereocenters. The lowest BCUT2D eigenvalue weighted by Crippen LogP contribution is -2.64. The van der Waals surface area contributed by atoms with E-state index in [1.54, 1.807) is 7.11 Å². The molecule has 0 aromatic carbocycles. The van der Waals surface area contributed by atoms with Gasteiger partial charge in [-0.15, -0.1) is 0 Å². The van der Waals surface area contributed by atoms with E-state index < -0.39 is 0 Å². The van der Waals surface area contributed by atoms with E-state index in [4.69, 9.17) is 4.74 Å². The van der Waals surface area contributed by atoms with Gasteiger partial charge >= 0.3 is 0 Å². The van der Waals surface area contributed by atoms with Crippen molar-refractivity contribution >= 4 is 5.91 Å². The highest BCUT2D eigenvalue weighted by Crippen LogP contribution is 2.15. The van der Waals surface area contributed by atoms with Crippen LogP contribution < -0.4 is 5.32 Å². The molecule has 2 fully saturated rings. The highest BCUT2D eigenvalue weighted by atomic mass is 16.5. The number of ether oxygens (including phenoxy) is 1. The molecule has 2 heterocycles. The van der Waals surface area contributed by atoms with Crippen LogP contribution >= 0.6 is 0 Å². The molecule has 0 spiro atoms. The summed E-state index contributed by atoms with van der Waals surface area (Å²) in [6.07, 6.45) is 0. The second kappa shape index (κ2) is 4.92. The molecule has 0 bridgehead atoms. The third-order valence-corrected chi connectivity index (χ3v) is 3.15. The van der Waals surface area contributed by atoms with E-state index in [9.17, 15) is 4.79 Å². The fraction of sp³-hybridized carbons (Fsp3) is 0.900. The van der Waals surface area contributed by atoms with Crippen molar-refractivity contribution in [1.29, 1.82) is 0 Å². The van der Waals surface area contributed by atoms with Gasteiger partial charge in [-0.1, -0.05) is 0 Å². The maximum absolute atomic E-state index is 11.4. The molecular formula is C10H19N3O2. The summed E-state index contributed by atoms with van der Waals surface area (Å²) in [5, 5.41) is 3.33. The lowest BCUT2D eigenvalue weighted by atomic mass is 10.1. The molecule has 0 saturated carbocycles. The molecule has 5 heteroatoms. The van der Waals surface area contributed by atoms with Crippen LogP contribution in [0.4, 0.5) is 0 Å². The third-order valence-electron chi connectivity index (χ3n) is 3.15. The van der Waals surface area contributed by atoms with E-state index in [2.05, 4.69) is 10.2 Å². The van der Waals surface area contributed by atoms with Crippen molar-refractivity contribution in [3.8, 4) is 0 Å². The molecule has 1 amide bonds. The average molecular weight is 213 g/mol. The van der Waals surface area contributed by atoms with Gasteiger partial charge in [-0.25, -0.2) is 0 Å². The molecule has 2 aliphatic rings. The maximum atomic E-state index is 11.4. The van der Waals surface area contributed by atoms with Crippen LogP contribution in [0, 0.1) is 0 Å². The zero-order valence-electron chi connectivity index (χ0n) is 9.24. The predicted octanol–water partition coefficient (Wildman–Crippen LogP) is -1.25. The molecule has 0 aromatic rings. The molecule has 0 aliphatic carbocycles. The van der Waals surface area contributed by atoms with Crippen LogP contribution in [0.25, 0.3) is 0 Å². The summed E-state index contributed by atoms with van der Waals surface area (Å²) in [6, 6.07) is 0.577. The van der Waals surface area contributed by atoms with Crippen LogP contribution in [0.5, 0.6) is 0 Å². The Kier molecular flexibility index (Phi) is 3.56. The number of hydrogen-bond donors (Lipinski definition) is 1. The number of nitrogens with one attached hydrogen (secondary N) is 1. The SMILES string of the molecule is COCC(=O)N1CC(N2CCNCC2)C1. The Morgan fingerprint density at radius 2 is 2.07 bits per heavy atom. The Bertz CT molecular complexity index is 223. The number of piperazine rings is 1. The summed E-state index contributed by atoms with van der Waals surface area (Å²) in [5.41, 5.74) is 0. The van der Waals surface area contributed by atoms with Crippen LogP contribution in [-0.4, -0.2) is 74.7 Å². The van der Waals surface area contributed by atoms with Crippen molar-refractivity contribution in [1.82, 2.24) is 15.1 Å². The summed E-state index contributed by atoms with van der Waals surface area (Å²) in [5.74, 6) is 0.115. The standard InChI is InChI=1S/C10H19N3O2/c1-15-8-10(14)13-6-9(7-13)12-4-2-11-3-5-12/h9,11H,2-8H2,1H3. The first-order valence-corrected chi connectivity index (χ1v) is 5.52. The van der Waals surface area contributed by atoms with E-state index in [0.29, 0.717) is 6.04 Å². The average Bonchev–Trinajstić information content (AvgIpc) is 2.17. The van der Waals surface area contributed by atoms with Crippen molar-refractivity contribution in [3.05, 3.63) is 0 Å². The smallest absolute Gasteiger partial charge is 0.248 e. The van der Waals surface area contributed by atoms with Gasteiger partial charge in [-0.2, -0.15) is 0 Å². The number of hydrogen-bond acceptors (Lipinski definition) is 4. The maximum Gasteiger partial charge on any atom is 0.248 e. The van der Waals surface area contributed by atoms with Crippen molar-refractivity contribution in [2.75, 3.05) is 53.0 Å². The molecule has 0 unspecified atom stereocenters. The van der Waals surface area contributed by atoms with Crippen molar-refractivity contribution in [2.45, 2.75) is 6.04 Å². The number of rotatable bonds is 3. The lowest BCUT2D eigenvalue weighted by molar-refractivity contribution is -0.142. The van der Waals surface area contributed by atoms with Gasteiger partial charge in [0, 0.05) is 52.4 Å². The normalized spacial score (nSPS) is 23.9. The van der Waals surface area contributed by atoms with Crippen LogP contribution in [0.15, 0.2) is 0 Å². The van der Waals surface area contributed by atoms with Crippen molar-refractivity contribution in [2.24, 2.45) is 0 Å². The number of nitrogens with zero attached hydrogens (tertiary/aromatic N) is 2. The molecule has 2 rings (SSSR count). The molecule has 2 saturated heterocycles. The van der Waals surface area contributed by atoms with Crippen molar-refractivity contribution in [3.63, 3.8) is 0 Å². The zero-order valence-corrected chi connectivity index (χ0v) is 9.24.